The first-order valence-corrected chi connectivity index (χ1v) is 10.5. The number of benzene rings is 2. The Hall–Kier alpha value is -2.82. The van der Waals surface area contributed by atoms with Gasteiger partial charge in [-0.15, -0.1) is 0 Å². The minimum Gasteiger partial charge on any atom is -0.492 e. The minimum absolute atomic E-state index is 0.0422. The van der Waals surface area contributed by atoms with Gasteiger partial charge in [0.1, 0.15) is 6.04 Å². The van der Waals surface area contributed by atoms with E-state index in [1.54, 1.807) is 18.9 Å². The van der Waals surface area contributed by atoms with Crippen LogP contribution in [0.3, 0.4) is 0 Å². The van der Waals surface area contributed by atoms with Gasteiger partial charge in [0.25, 0.3) is 0 Å². The maximum absolute atomic E-state index is 5.72. The summed E-state index contributed by atoms with van der Waals surface area (Å²) in [5.41, 5.74) is 4.33. The molecule has 0 aliphatic carbocycles. The number of H-pyrrole nitrogens is 1. The quantitative estimate of drug-likeness (QED) is 0.529. The molecule has 1 aromatic heterocycles. The number of rotatable bonds is 3. The molecule has 0 saturated carbocycles. The first-order valence-electron chi connectivity index (χ1n) is 9.50. The third kappa shape index (κ3) is 3.28. The van der Waals surface area contributed by atoms with E-state index in [2.05, 4.69) is 39.8 Å². The van der Waals surface area contributed by atoms with Crippen molar-refractivity contribution in [2.45, 2.75) is 17.6 Å². The standard InChI is InChI=1S/C22H21N3O3S/c1-25-10-9-14-12-18-20(28-13-27-18)21(26-2)19(14)17(25)8-5-11-29-22-23-15-6-3-4-7-16(15)24-22/h3-4,6-7,12,17H,9-11,13H2,1-2H3,(H,23,24)/t17-/m1/s1. The van der Waals surface area contributed by atoms with Crippen molar-refractivity contribution in [3.05, 3.63) is 41.5 Å². The van der Waals surface area contributed by atoms with E-state index in [1.807, 2.05) is 24.3 Å². The van der Waals surface area contributed by atoms with Crippen molar-refractivity contribution in [2.24, 2.45) is 0 Å². The summed E-state index contributed by atoms with van der Waals surface area (Å²) in [6.45, 7) is 1.17. The molecule has 29 heavy (non-hydrogen) atoms. The number of hydrogen-bond donors (Lipinski definition) is 1. The summed E-state index contributed by atoms with van der Waals surface area (Å²) < 4.78 is 17.0. The van der Waals surface area contributed by atoms with Crippen molar-refractivity contribution in [2.75, 3.05) is 33.2 Å². The molecule has 3 aromatic rings. The number of aromatic nitrogens is 2. The molecule has 0 spiro atoms. The molecule has 0 bridgehead atoms. The first-order chi connectivity index (χ1) is 14.2. The molecule has 0 saturated heterocycles. The van der Waals surface area contributed by atoms with Gasteiger partial charge in [-0.05, 0) is 37.2 Å². The van der Waals surface area contributed by atoms with Crippen molar-refractivity contribution < 1.29 is 14.2 Å². The van der Waals surface area contributed by atoms with Crippen molar-refractivity contribution >= 4 is 22.8 Å². The molecule has 1 N–H and O–H groups in total. The number of nitrogens with one attached hydrogen (secondary N) is 1. The molecule has 7 heteroatoms. The van der Waals surface area contributed by atoms with Gasteiger partial charge >= 0.3 is 0 Å². The Morgan fingerprint density at radius 1 is 1.34 bits per heavy atom. The Bertz CT molecular complexity index is 1100. The fraction of sp³-hybridized carbons (Fsp3) is 0.318. The minimum atomic E-state index is -0.0422. The third-order valence-electron chi connectivity index (χ3n) is 5.28. The van der Waals surface area contributed by atoms with E-state index in [0.717, 1.165) is 46.2 Å². The molecule has 2 aromatic carbocycles. The summed E-state index contributed by atoms with van der Waals surface area (Å²) in [6, 6.07) is 10.1. The molecule has 0 fully saturated rings. The first kappa shape index (κ1) is 18.2. The number of likely N-dealkylation sites (N-methyl/N-ethyl adjacent to an activating group) is 1. The molecular weight excluding hydrogens is 386 g/mol. The van der Waals surface area contributed by atoms with E-state index in [0.29, 0.717) is 11.5 Å². The summed E-state index contributed by atoms with van der Waals surface area (Å²) in [6.07, 6.45) is 0.935. The van der Waals surface area contributed by atoms with Crippen LogP contribution in [0.4, 0.5) is 0 Å². The van der Waals surface area contributed by atoms with Crippen molar-refractivity contribution in [3.8, 4) is 29.1 Å². The fourth-order valence-electron chi connectivity index (χ4n) is 3.86. The number of fused-ring (bicyclic) bond motifs is 3. The van der Waals surface area contributed by atoms with E-state index < -0.39 is 0 Å². The molecule has 6 nitrogen and oxygen atoms in total. The number of nitrogens with zero attached hydrogens (tertiary/aromatic N) is 2. The van der Waals surface area contributed by atoms with Crippen LogP contribution in [0.1, 0.15) is 17.2 Å². The second-order valence-corrected chi connectivity index (χ2v) is 7.98. The van der Waals surface area contributed by atoms with Gasteiger partial charge in [-0.2, -0.15) is 0 Å². The summed E-state index contributed by atoms with van der Waals surface area (Å²) in [7, 11) is 3.77. The Morgan fingerprint density at radius 2 is 2.24 bits per heavy atom. The summed E-state index contributed by atoms with van der Waals surface area (Å²) in [5.74, 6) is 9.60. The van der Waals surface area contributed by atoms with Crippen LogP contribution in [0.15, 0.2) is 35.5 Å². The summed E-state index contributed by atoms with van der Waals surface area (Å²) in [5, 5.41) is 0.888. The van der Waals surface area contributed by atoms with Gasteiger partial charge in [0.2, 0.25) is 12.5 Å². The lowest BCUT2D eigenvalue weighted by Crippen LogP contribution is -2.31. The van der Waals surface area contributed by atoms with Crippen LogP contribution in [-0.2, 0) is 6.42 Å². The highest BCUT2D eigenvalue weighted by Gasteiger charge is 2.33. The van der Waals surface area contributed by atoms with Crippen LogP contribution in [0.5, 0.6) is 17.2 Å². The molecule has 3 heterocycles. The molecule has 1 atom stereocenters. The fourth-order valence-corrected chi connectivity index (χ4v) is 4.49. The highest BCUT2D eigenvalue weighted by molar-refractivity contribution is 7.99. The molecule has 2 aliphatic heterocycles. The molecule has 0 radical (unpaired) electrons. The van der Waals surface area contributed by atoms with Gasteiger partial charge in [0.05, 0.1) is 23.9 Å². The maximum Gasteiger partial charge on any atom is 0.231 e. The SMILES string of the molecule is COc1c2c(cc3c1[C@@H](C#CCSc1nc4ccccc4[nH]1)N(C)CC3)OCO2. The van der Waals surface area contributed by atoms with Gasteiger partial charge in [0.15, 0.2) is 16.7 Å². The zero-order valence-electron chi connectivity index (χ0n) is 16.3. The van der Waals surface area contributed by atoms with E-state index in [1.165, 1.54) is 5.56 Å². The number of hydrogen-bond acceptors (Lipinski definition) is 6. The molecule has 0 unspecified atom stereocenters. The molecule has 0 amide bonds. The summed E-state index contributed by atoms with van der Waals surface area (Å²) in [4.78, 5) is 10.2. The van der Waals surface area contributed by atoms with E-state index >= 15 is 0 Å². The van der Waals surface area contributed by atoms with Crippen LogP contribution in [0.25, 0.3) is 11.0 Å². The second-order valence-electron chi connectivity index (χ2n) is 7.02. The average molecular weight is 407 g/mol. The van der Waals surface area contributed by atoms with Crippen molar-refractivity contribution in [1.82, 2.24) is 14.9 Å². The molecule has 2 aliphatic rings. The lowest BCUT2D eigenvalue weighted by molar-refractivity contribution is 0.171. The van der Waals surface area contributed by atoms with Crippen molar-refractivity contribution in [1.29, 1.82) is 0 Å². The molecular formula is C22H21N3O3S. The smallest absolute Gasteiger partial charge is 0.231 e. The monoisotopic (exact) mass is 407 g/mol. The van der Waals surface area contributed by atoms with E-state index in [-0.39, 0.29) is 12.8 Å². The highest BCUT2D eigenvalue weighted by Crippen LogP contribution is 2.49. The topological polar surface area (TPSA) is 59.6 Å². The zero-order valence-corrected chi connectivity index (χ0v) is 17.1. The number of ether oxygens (including phenoxy) is 3. The Labute approximate surface area is 173 Å². The van der Waals surface area contributed by atoms with Crippen LogP contribution in [0, 0.1) is 11.8 Å². The molecule has 5 rings (SSSR count). The van der Waals surface area contributed by atoms with Gasteiger partial charge < -0.3 is 19.2 Å². The zero-order chi connectivity index (χ0) is 19.8. The van der Waals surface area contributed by atoms with Crippen molar-refractivity contribution in [3.63, 3.8) is 0 Å². The molecule has 148 valence electrons. The summed E-state index contributed by atoms with van der Waals surface area (Å²) >= 11 is 1.61. The predicted octanol–water partition coefficient (Wildman–Crippen LogP) is 3.62. The van der Waals surface area contributed by atoms with Gasteiger partial charge in [-0.1, -0.05) is 35.7 Å². The van der Waals surface area contributed by atoms with Gasteiger partial charge in [-0.25, -0.2) is 4.98 Å². The normalized spacial score (nSPS) is 17.7. The third-order valence-corrected chi connectivity index (χ3v) is 6.04. The largest absolute Gasteiger partial charge is 0.492 e. The predicted molar refractivity (Wildman–Crippen MR) is 113 cm³/mol. The second kappa shape index (κ2) is 7.54. The van der Waals surface area contributed by atoms with Crippen LogP contribution in [-0.4, -0.2) is 48.1 Å². The van der Waals surface area contributed by atoms with E-state index in [4.69, 9.17) is 14.2 Å². The van der Waals surface area contributed by atoms with Gasteiger partial charge in [-0.3, -0.25) is 4.90 Å². The number of thioether (sulfide) groups is 1. The number of para-hydroxylation sites is 2. The number of imidazole rings is 1. The Kier molecular flexibility index (Phi) is 4.74. The lowest BCUT2D eigenvalue weighted by atomic mass is 9.91. The number of aromatic amines is 1. The number of methoxy groups -OCH3 is 1. The average Bonchev–Trinajstić information content (AvgIpc) is 3.37. The maximum atomic E-state index is 5.72. The van der Waals surface area contributed by atoms with Crippen LogP contribution < -0.4 is 14.2 Å². The Morgan fingerprint density at radius 3 is 3.10 bits per heavy atom. The lowest BCUT2D eigenvalue weighted by Gasteiger charge is -2.32. The van der Waals surface area contributed by atoms with Crippen LogP contribution >= 0.6 is 11.8 Å². The van der Waals surface area contributed by atoms with E-state index in [9.17, 15) is 0 Å². The van der Waals surface area contributed by atoms with Crippen LogP contribution in [0.2, 0.25) is 0 Å². The van der Waals surface area contributed by atoms with Gasteiger partial charge in [0, 0.05) is 12.1 Å². The Balaban J connectivity index is 1.39. The highest BCUT2D eigenvalue weighted by atomic mass is 32.2.